The fourth-order valence-corrected chi connectivity index (χ4v) is 1.60. The minimum absolute atomic E-state index is 0.544. The maximum Gasteiger partial charge on any atom is 0.0754 e. The van der Waals surface area contributed by atoms with Crippen molar-refractivity contribution in [3.63, 3.8) is 0 Å². The molecular formula is C9H18N2O2. The summed E-state index contributed by atoms with van der Waals surface area (Å²) in [5.41, 5.74) is 3.13. The van der Waals surface area contributed by atoms with Crippen molar-refractivity contribution in [1.29, 1.82) is 0 Å². The van der Waals surface area contributed by atoms with Crippen LogP contribution in [-0.2, 0) is 9.57 Å². The first-order valence-corrected chi connectivity index (χ1v) is 5.11. The molecule has 0 unspecified atom stereocenters. The number of rotatable bonds is 4. The van der Waals surface area contributed by atoms with Crippen LogP contribution in [0.2, 0.25) is 0 Å². The second kappa shape index (κ2) is 4.91. The highest BCUT2D eigenvalue weighted by atomic mass is 16.6. The molecule has 2 aliphatic heterocycles. The number of hydroxylamine groups is 1. The van der Waals surface area contributed by atoms with Gasteiger partial charge in [0.25, 0.3) is 0 Å². The highest BCUT2D eigenvalue weighted by Crippen LogP contribution is 2.09. The molecular weight excluding hydrogens is 168 g/mol. The smallest absolute Gasteiger partial charge is 0.0754 e. The maximum atomic E-state index is 5.42. The molecule has 0 saturated carbocycles. The Morgan fingerprint density at radius 3 is 2.69 bits per heavy atom. The Labute approximate surface area is 78.9 Å². The Kier molecular flexibility index (Phi) is 3.55. The van der Waals surface area contributed by atoms with Crippen molar-refractivity contribution < 1.29 is 9.57 Å². The third-order valence-corrected chi connectivity index (χ3v) is 2.62. The molecule has 0 amide bonds. The average Bonchev–Trinajstić information content (AvgIpc) is 2.11. The van der Waals surface area contributed by atoms with E-state index in [1.807, 2.05) is 0 Å². The molecule has 2 heterocycles. The number of piperidine rings is 1. The lowest BCUT2D eigenvalue weighted by molar-refractivity contribution is -0.0999. The Bertz CT molecular complexity index is 145. The Morgan fingerprint density at radius 2 is 2.08 bits per heavy atom. The van der Waals surface area contributed by atoms with E-state index in [2.05, 4.69) is 10.8 Å². The molecule has 0 aromatic heterocycles. The van der Waals surface area contributed by atoms with Crippen molar-refractivity contribution in [3.8, 4) is 0 Å². The van der Waals surface area contributed by atoms with Crippen molar-refractivity contribution in [2.75, 3.05) is 32.9 Å². The summed E-state index contributed by atoms with van der Waals surface area (Å²) < 4.78 is 5.06. The van der Waals surface area contributed by atoms with Crippen LogP contribution in [0.4, 0.5) is 0 Å². The molecule has 2 saturated heterocycles. The van der Waals surface area contributed by atoms with Crippen LogP contribution < -0.4 is 10.8 Å². The third-order valence-electron chi connectivity index (χ3n) is 2.62. The predicted octanol–water partition coefficient (Wildman–Crippen LogP) is -0.0940. The lowest BCUT2D eigenvalue weighted by Gasteiger charge is -2.28. The van der Waals surface area contributed by atoms with E-state index in [-0.39, 0.29) is 0 Å². The number of hydrogen-bond acceptors (Lipinski definition) is 4. The molecule has 0 bridgehead atoms. The van der Waals surface area contributed by atoms with E-state index in [9.17, 15) is 0 Å². The van der Waals surface area contributed by atoms with E-state index in [0.29, 0.717) is 12.0 Å². The van der Waals surface area contributed by atoms with Crippen LogP contribution in [-0.4, -0.2) is 39.0 Å². The number of ether oxygens (including phenoxy) is 1. The van der Waals surface area contributed by atoms with Gasteiger partial charge in [-0.2, -0.15) is 5.48 Å². The Morgan fingerprint density at radius 1 is 1.31 bits per heavy atom. The molecule has 0 spiro atoms. The van der Waals surface area contributed by atoms with Gasteiger partial charge in [-0.25, -0.2) is 0 Å². The number of nitrogens with one attached hydrogen (secondary N) is 2. The van der Waals surface area contributed by atoms with Gasteiger partial charge in [-0.1, -0.05) is 0 Å². The minimum Gasteiger partial charge on any atom is -0.381 e. The molecule has 2 N–H and O–H groups in total. The zero-order valence-corrected chi connectivity index (χ0v) is 7.92. The van der Waals surface area contributed by atoms with E-state index in [1.54, 1.807) is 0 Å². The van der Waals surface area contributed by atoms with E-state index in [4.69, 9.17) is 9.57 Å². The molecule has 2 fully saturated rings. The molecule has 0 aromatic carbocycles. The van der Waals surface area contributed by atoms with Gasteiger partial charge < -0.3 is 14.9 Å². The van der Waals surface area contributed by atoms with E-state index >= 15 is 0 Å². The summed E-state index contributed by atoms with van der Waals surface area (Å²) in [5.74, 6) is 0.620. The van der Waals surface area contributed by atoms with Crippen LogP contribution in [0.1, 0.15) is 12.8 Å². The predicted molar refractivity (Wildman–Crippen MR) is 49.3 cm³/mol. The van der Waals surface area contributed by atoms with Gasteiger partial charge in [-0.05, 0) is 25.9 Å². The van der Waals surface area contributed by atoms with Gasteiger partial charge in [-0.3, -0.25) is 0 Å². The van der Waals surface area contributed by atoms with Crippen LogP contribution in [0, 0.1) is 5.92 Å². The zero-order valence-electron chi connectivity index (χ0n) is 7.92. The van der Waals surface area contributed by atoms with Gasteiger partial charge in [0.2, 0.25) is 0 Å². The summed E-state index contributed by atoms with van der Waals surface area (Å²) in [6.07, 6.45) is 2.34. The highest BCUT2D eigenvalue weighted by molar-refractivity contribution is 4.71. The lowest BCUT2D eigenvalue weighted by Crippen LogP contribution is -2.42. The van der Waals surface area contributed by atoms with Crippen LogP contribution in [0.25, 0.3) is 0 Å². The molecule has 0 aromatic rings. The molecule has 0 aliphatic carbocycles. The van der Waals surface area contributed by atoms with Crippen molar-refractivity contribution in [1.82, 2.24) is 10.8 Å². The van der Waals surface area contributed by atoms with E-state index in [0.717, 1.165) is 32.9 Å². The normalized spacial score (nSPS) is 25.8. The van der Waals surface area contributed by atoms with E-state index in [1.165, 1.54) is 12.8 Å². The quantitative estimate of drug-likeness (QED) is 0.602. The van der Waals surface area contributed by atoms with Crippen LogP contribution >= 0.6 is 0 Å². The first-order chi connectivity index (χ1) is 6.45. The van der Waals surface area contributed by atoms with Crippen molar-refractivity contribution in [2.45, 2.75) is 18.9 Å². The van der Waals surface area contributed by atoms with Crippen LogP contribution in [0.5, 0.6) is 0 Å². The molecule has 0 atom stereocenters. The fourth-order valence-electron chi connectivity index (χ4n) is 1.60. The molecule has 4 nitrogen and oxygen atoms in total. The summed E-state index contributed by atoms with van der Waals surface area (Å²) in [5, 5.41) is 3.32. The van der Waals surface area contributed by atoms with Crippen LogP contribution in [0.3, 0.4) is 0 Å². The van der Waals surface area contributed by atoms with Gasteiger partial charge in [0.1, 0.15) is 0 Å². The van der Waals surface area contributed by atoms with Crippen molar-refractivity contribution in [2.24, 2.45) is 5.92 Å². The second-order valence-corrected chi connectivity index (χ2v) is 3.86. The highest BCUT2D eigenvalue weighted by Gasteiger charge is 2.19. The first kappa shape index (κ1) is 9.40. The molecule has 0 radical (unpaired) electrons. The largest absolute Gasteiger partial charge is 0.381 e. The molecule has 4 heteroatoms. The van der Waals surface area contributed by atoms with Crippen molar-refractivity contribution >= 4 is 0 Å². The zero-order chi connectivity index (χ0) is 8.93. The minimum atomic E-state index is 0.544. The summed E-state index contributed by atoms with van der Waals surface area (Å²) in [4.78, 5) is 5.42. The maximum absolute atomic E-state index is 5.42. The third kappa shape index (κ3) is 2.91. The number of hydrogen-bond donors (Lipinski definition) is 2. The van der Waals surface area contributed by atoms with Gasteiger partial charge in [0, 0.05) is 12.0 Å². The Hall–Kier alpha value is -0.160. The topological polar surface area (TPSA) is 42.5 Å². The summed E-state index contributed by atoms with van der Waals surface area (Å²) in [7, 11) is 0. The molecule has 2 aliphatic rings. The molecule has 76 valence electrons. The lowest BCUT2D eigenvalue weighted by atomic mass is 10.1. The van der Waals surface area contributed by atoms with Gasteiger partial charge in [0.05, 0.1) is 19.8 Å². The first-order valence-electron chi connectivity index (χ1n) is 5.11. The monoisotopic (exact) mass is 186 g/mol. The van der Waals surface area contributed by atoms with Gasteiger partial charge >= 0.3 is 0 Å². The van der Waals surface area contributed by atoms with E-state index < -0.39 is 0 Å². The average molecular weight is 186 g/mol. The fraction of sp³-hybridized carbons (Fsp3) is 1.00. The second-order valence-electron chi connectivity index (χ2n) is 3.86. The Balaban J connectivity index is 1.50. The van der Waals surface area contributed by atoms with Crippen LogP contribution in [0.15, 0.2) is 0 Å². The summed E-state index contributed by atoms with van der Waals surface area (Å²) in [6.45, 7) is 4.74. The molecule has 2 rings (SSSR count). The van der Waals surface area contributed by atoms with Crippen molar-refractivity contribution in [3.05, 3.63) is 0 Å². The summed E-state index contributed by atoms with van der Waals surface area (Å²) in [6, 6.07) is 0.544. The summed E-state index contributed by atoms with van der Waals surface area (Å²) >= 11 is 0. The molecule has 13 heavy (non-hydrogen) atoms. The standard InChI is InChI=1S/C9H18N2O2/c1-3-10-4-2-9(1)11-13-7-8-5-12-6-8/h8-11H,1-7H2. The van der Waals surface area contributed by atoms with Gasteiger partial charge in [-0.15, -0.1) is 0 Å². The van der Waals surface area contributed by atoms with Gasteiger partial charge in [0.15, 0.2) is 0 Å². The SMILES string of the molecule is C1CC(NOCC2COC2)CCN1.